The molecule has 1 aliphatic heterocycles. The summed E-state index contributed by atoms with van der Waals surface area (Å²) in [5, 5.41) is 0.530. The third-order valence-electron chi connectivity index (χ3n) is 4.32. The molecule has 4 rings (SSSR count). The second-order valence-corrected chi connectivity index (χ2v) is 6.29. The van der Waals surface area contributed by atoms with E-state index in [-0.39, 0.29) is 23.9 Å². The van der Waals surface area contributed by atoms with E-state index in [1.807, 2.05) is 6.07 Å². The lowest BCUT2D eigenvalue weighted by molar-refractivity contribution is 0.0655. The molecule has 0 fully saturated rings. The average Bonchev–Trinajstić information content (AvgIpc) is 2.88. The number of nitrogens with zero attached hydrogens (tertiary/aromatic N) is 3. The van der Waals surface area contributed by atoms with Crippen molar-refractivity contribution in [2.75, 3.05) is 6.54 Å². The number of aromatic nitrogens is 2. The molecular formula is C18H12AlN3O3. The largest absolute Gasteiger partial charge is 0.410 e. The van der Waals surface area contributed by atoms with Crippen molar-refractivity contribution >= 4 is 39.2 Å². The zero-order valence-corrected chi connectivity index (χ0v) is 14.3. The van der Waals surface area contributed by atoms with E-state index in [4.69, 9.17) is 0 Å². The highest BCUT2D eigenvalue weighted by atomic mass is 27.1. The van der Waals surface area contributed by atoms with Crippen molar-refractivity contribution in [2.24, 2.45) is 0 Å². The highest BCUT2D eigenvalue weighted by Crippen LogP contribution is 2.22. The molecule has 2 radical (unpaired) electrons. The number of hydrogen-bond donors (Lipinski definition) is 0. The Balaban J connectivity index is 1.64. The Labute approximate surface area is 151 Å². The van der Waals surface area contributed by atoms with Gasteiger partial charge in [0.05, 0.1) is 27.9 Å². The molecule has 0 aliphatic carbocycles. The summed E-state index contributed by atoms with van der Waals surface area (Å²) in [6.07, 6.45) is 0.301. The van der Waals surface area contributed by atoms with Crippen molar-refractivity contribution in [3.63, 3.8) is 0 Å². The van der Waals surface area contributed by atoms with Crippen LogP contribution in [0.15, 0.2) is 53.3 Å². The molecule has 25 heavy (non-hydrogen) atoms. The van der Waals surface area contributed by atoms with E-state index < -0.39 is 0 Å². The van der Waals surface area contributed by atoms with Crippen molar-refractivity contribution in [1.82, 2.24) is 13.4 Å². The van der Waals surface area contributed by atoms with Crippen LogP contribution in [0.1, 0.15) is 26.5 Å². The minimum absolute atomic E-state index is 0.172. The van der Waals surface area contributed by atoms with Gasteiger partial charge in [-0.05, 0) is 24.3 Å². The van der Waals surface area contributed by atoms with E-state index in [1.165, 1.54) is 8.45 Å². The fourth-order valence-corrected chi connectivity index (χ4v) is 3.35. The van der Waals surface area contributed by atoms with Gasteiger partial charge in [-0.2, -0.15) is 0 Å². The second-order valence-electron chi connectivity index (χ2n) is 5.78. The molecule has 0 unspecified atom stereocenters. The number of carbonyl (C=O) groups is 2. The molecule has 0 N–H and O–H groups in total. The molecular weight excluding hydrogens is 333 g/mol. The Morgan fingerprint density at radius 3 is 2.16 bits per heavy atom. The molecule has 2 aromatic carbocycles. The zero-order valence-electron chi connectivity index (χ0n) is 13.2. The van der Waals surface area contributed by atoms with Gasteiger partial charge >= 0.3 is 16.5 Å². The zero-order chi connectivity index (χ0) is 17.6. The molecule has 3 aromatic rings. The van der Waals surface area contributed by atoms with Crippen molar-refractivity contribution in [1.29, 1.82) is 0 Å². The standard InChI is InChI=1S/C18H13N3O3.Al/c22-16-13-7-3-4-8-14(13)19-15(20-16)9-10-21-17(23)11-5-1-2-6-12(11)18(21)24;/h1-8H,9-10H2,(H,19,20,22);/q;+1/p-1. The smallest absolute Gasteiger partial charge is 0.325 e. The van der Waals surface area contributed by atoms with Gasteiger partial charge in [0.25, 0.3) is 11.8 Å². The van der Waals surface area contributed by atoms with Crippen LogP contribution in [0.5, 0.6) is 0 Å². The minimum atomic E-state index is -0.306. The lowest BCUT2D eigenvalue weighted by Gasteiger charge is -2.16. The summed E-state index contributed by atoms with van der Waals surface area (Å²) in [6, 6.07) is 13.9. The predicted molar refractivity (Wildman–Crippen MR) is 92.7 cm³/mol. The molecule has 2 amide bonds. The van der Waals surface area contributed by atoms with Crippen LogP contribution in [0.25, 0.3) is 10.9 Å². The summed E-state index contributed by atoms with van der Waals surface area (Å²) < 4.78 is 1.39. The van der Waals surface area contributed by atoms with Gasteiger partial charge < -0.3 is 3.55 Å². The minimum Gasteiger partial charge on any atom is -0.410 e. The highest BCUT2D eigenvalue weighted by Gasteiger charge is 2.34. The normalized spacial score (nSPS) is 13.5. The monoisotopic (exact) mass is 345 g/mol. The van der Waals surface area contributed by atoms with Gasteiger partial charge in [0.1, 0.15) is 0 Å². The maximum Gasteiger partial charge on any atom is 0.325 e. The van der Waals surface area contributed by atoms with Crippen LogP contribution in [-0.2, 0) is 6.42 Å². The number of para-hydroxylation sites is 1. The van der Waals surface area contributed by atoms with Gasteiger partial charge in [0, 0.05) is 13.0 Å². The molecule has 0 saturated heterocycles. The number of benzene rings is 2. The van der Waals surface area contributed by atoms with E-state index in [2.05, 4.69) is 21.5 Å². The SMILES string of the molecule is O=C1c2ccccc2C(=O)N1CCc1nc2ccccc2c(=O)[n]1[Al]. The van der Waals surface area contributed by atoms with Crippen LogP contribution in [0.2, 0.25) is 0 Å². The molecule has 6 nitrogen and oxygen atoms in total. The second kappa shape index (κ2) is 5.96. The first-order valence-corrected chi connectivity index (χ1v) is 8.30. The maximum absolute atomic E-state index is 12.4. The Hall–Kier alpha value is -2.75. The topological polar surface area (TPSA) is 72.3 Å². The fraction of sp³-hybridized carbons (Fsp3) is 0.111. The average molecular weight is 345 g/mol. The predicted octanol–water partition coefficient (Wildman–Crippen LogP) is 1.17. The molecule has 1 aliphatic rings. The van der Waals surface area contributed by atoms with Gasteiger partial charge in [0.15, 0.2) is 0 Å². The number of imide groups is 1. The molecule has 7 heteroatoms. The van der Waals surface area contributed by atoms with Crippen LogP contribution >= 0.6 is 0 Å². The molecule has 1 aromatic heterocycles. The van der Waals surface area contributed by atoms with Crippen molar-refractivity contribution < 1.29 is 9.59 Å². The lowest BCUT2D eigenvalue weighted by atomic mass is 10.1. The van der Waals surface area contributed by atoms with Gasteiger partial charge in [-0.25, -0.2) is 4.98 Å². The molecule has 0 spiro atoms. The van der Waals surface area contributed by atoms with Crippen LogP contribution in [0, 0.1) is 0 Å². The summed E-state index contributed by atoms with van der Waals surface area (Å²) in [5.41, 5.74) is 1.26. The number of rotatable bonds is 3. The first-order valence-electron chi connectivity index (χ1n) is 7.79. The third kappa shape index (κ3) is 2.49. The molecule has 0 bridgehead atoms. The van der Waals surface area contributed by atoms with Crippen LogP contribution in [0.3, 0.4) is 0 Å². The van der Waals surface area contributed by atoms with Crippen LogP contribution < -0.4 is 5.56 Å². The van der Waals surface area contributed by atoms with Crippen molar-refractivity contribution in [3.05, 3.63) is 75.8 Å². The van der Waals surface area contributed by atoms with Crippen LogP contribution in [-0.4, -0.2) is 48.3 Å². The fourth-order valence-electron chi connectivity index (χ4n) is 3.02. The highest BCUT2D eigenvalue weighted by molar-refractivity contribution is 6.21. The van der Waals surface area contributed by atoms with Crippen molar-refractivity contribution in [3.8, 4) is 0 Å². The van der Waals surface area contributed by atoms with Crippen LogP contribution in [0.4, 0.5) is 0 Å². The van der Waals surface area contributed by atoms with Gasteiger partial charge in [-0.3, -0.25) is 19.3 Å². The molecule has 120 valence electrons. The quantitative estimate of drug-likeness (QED) is 0.528. The third-order valence-corrected chi connectivity index (χ3v) is 4.85. The first kappa shape index (κ1) is 15.8. The number of fused-ring (bicyclic) bond motifs is 2. The summed E-state index contributed by atoms with van der Waals surface area (Å²) in [6.45, 7) is 0.172. The Morgan fingerprint density at radius 2 is 1.48 bits per heavy atom. The van der Waals surface area contributed by atoms with E-state index in [9.17, 15) is 14.4 Å². The summed E-state index contributed by atoms with van der Waals surface area (Å²) in [4.78, 5) is 42.9. The van der Waals surface area contributed by atoms with E-state index in [0.717, 1.165) is 0 Å². The molecule has 2 heterocycles. The van der Waals surface area contributed by atoms with Gasteiger partial charge in [0.2, 0.25) is 5.56 Å². The van der Waals surface area contributed by atoms with Gasteiger partial charge in [-0.15, -0.1) is 0 Å². The molecule has 0 saturated carbocycles. The Bertz CT molecular complexity index is 1060. The number of amides is 2. The Morgan fingerprint density at radius 1 is 0.880 bits per heavy atom. The summed E-state index contributed by atoms with van der Waals surface area (Å²) in [7, 11) is 0. The number of carbonyl (C=O) groups excluding carboxylic acids is 2. The van der Waals surface area contributed by atoms with E-state index in [1.54, 1.807) is 42.5 Å². The summed E-state index contributed by atoms with van der Waals surface area (Å²) >= 11 is 2.35. The van der Waals surface area contributed by atoms with E-state index >= 15 is 0 Å². The molecule has 0 atom stereocenters. The lowest BCUT2D eigenvalue weighted by Crippen LogP contribution is -2.33. The van der Waals surface area contributed by atoms with Gasteiger partial charge in [-0.1, -0.05) is 24.3 Å². The van der Waals surface area contributed by atoms with Crippen molar-refractivity contribution in [2.45, 2.75) is 6.42 Å². The van der Waals surface area contributed by atoms with E-state index in [0.29, 0.717) is 34.3 Å². The maximum atomic E-state index is 12.4. The number of hydrogen-bond acceptors (Lipinski definition) is 4. The Kier molecular flexibility index (Phi) is 3.76. The first-order chi connectivity index (χ1) is 12.1. The summed E-state index contributed by atoms with van der Waals surface area (Å²) in [5.74, 6) is -0.108.